The van der Waals surface area contributed by atoms with E-state index in [9.17, 15) is 18.0 Å². The van der Waals surface area contributed by atoms with Gasteiger partial charge in [0.1, 0.15) is 0 Å². The predicted octanol–water partition coefficient (Wildman–Crippen LogP) is 6.08. The predicted molar refractivity (Wildman–Crippen MR) is 109 cm³/mol. The van der Waals surface area contributed by atoms with Gasteiger partial charge in [0, 0.05) is 16.5 Å². The summed E-state index contributed by atoms with van der Waals surface area (Å²) in [6.45, 7) is 2.28. The average molecular weight is 432 g/mol. The molecule has 0 aliphatic carbocycles. The lowest BCUT2D eigenvalue weighted by atomic mass is 10.1. The molecule has 4 aromatic rings. The second kappa shape index (κ2) is 7.83. The van der Waals surface area contributed by atoms with Crippen molar-refractivity contribution in [3.63, 3.8) is 0 Å². The molecule has 0 radical (unpaired) electrons. The van der Waals surface area contributed by atoms with Crippen LogP contribution < -0.4 is 15.7 Å². The van der Waals surface area contributed by atoms with Crippen molar-refractivity contribution >= 4 is 33.1 Å². The summed E-state index contributed by atoms with van der Waals surface area (Å²) in [6, 6.07) is 11.6. The lowest BCUT2D eigenvalue weighted by Gasteiger charge is -2.08. The Balaban J connectivity index is 1.61. The highest BCUT2D eigenvalue weighted by atomic mass is 32.1. The van der Waals surface area contributed by atoms with Crippen LogP contribution in [0.15, 0.2) is 63.1 Å². The van der Waals surface area contributed by atoms with Crippen molar-refractivity contribution < 1.29 is 22.3 Å². The van der Waals surface area contributed by atoms with Crippen molar-refractivity contribution in [1.82, 2.24) is 4.98 Å². The highest BCUT2D eigenvalue weighted by molar-refractivity contribution is 7.14. The third-order valence-corrected chi connectivity index (χ3v) is 5.03. The van der Waals surface area contributed by atoms with Crippen molar-refractivity contribution in [3.05, 3.63) is 69.9 Å². The molecular formula is C21H15F3N2O3S. The Morgan fingerprint density at radius 2 is 1.93 bits per heavy atom. The number of hydrogen-bond donors (Lipinski definition) is 1. The molecule has 0 aliphatic rings. The number of thiazole rings is 1. The van der Waals surface area contributed by atoms with Gasteiger partial charge in [-0.3, -0.25) is 0 Å². The zero-order valence-corrected chi connectivity index (χ0v) is 16.4. The number of nitrogens with zero attached hydrogens (tertiary/aromatic N) is 1. The summed E-state index contributed by atoms with van der Waals surface area (Å²) in [7, 11) is 0. The molecule has 30 heavy (non-hydrogen) atoms. The molecular weight excluding hydrogens is 417 g/mol. The van der Waals surface area contributed by atoms with E-state index in [2.05, 4.69) is 10.3 Å². The highest BCUT2D eigenvalue weighted by Gasteiger charge is 2.29. The van der Waals surface area contributed by atoms with E-state index in [1.165, 1.54) is 23.5 Å². The zero-order chi connectivity index (χ0) is 21.3. The van der Waals surface area contributed by atoms with Crippen molar-refractivity contribution in [1.29, 1.82) is 0 Å². The molecule has 2 aromatic carbocycles. The SMILES string of the molecule is CCOc1cccc2cc(-c3csc(Nc4ccc(C(F)(F)F)cc4)n3)c(=O)oc12. The Bertz CT molecular complexity index is 1250. The van der Waals surface area contributed by atoms with Crippen LogP contribution in [0.5, 0.6) is 5.75 Å². The third kappa shape index (κ3) is 4.02. The number of fused-ring (bicyclic) bond motifs is 1. The first-order chi connectivity index (χ1) is 14.3. The van der Waals surface area contributed by atoms with Crippen molar-refractivity contribution in [2.24, 2.45) is 0 Å². The summed E-state index contributed by atoms with van der Waals surface area (Å²) in [5, 5.41) is 5.75. The molecule has 0 atom stereocenters. The molecule has 2 aromatic heterocycles. The fraction of sp³-hybridized carbons (Fsp3) is 0.143. The number of rotatable bonds is 5. The zero-order valence-electron chi connectivity index (χ0n) is 15.6. The molecule has 0 fully saturated rings. The molecule has 0 unspecified atom stereocenters. The molecule has 0 saturated carbocycles. The Morgan fingerprint density at radius 1 is 1.17 bits per heavy atom. The Morgan fingerprint density at radius 3 is 2.63 bits per heavy atom. The topological polar surface area (TPSA) is 64.4 Å². The summed E-state index contributed by atoms with van der Waals surface area (Å²) < 4.78 is 49.0. The first kappa shape index (κ1) is 20.0. The summed E-state index contributed by atoms with van der Waals surface area (Å²) in [6.07, 6.45) is -4.39. The van der Waals surface area contributed by atoms with E-state index >= 15 is 0 Å². The summed E-state index contributed by atoms with van der Waals surface area (Å²) >= 11 is 1.22. The normalized spacial score (nSPS) is 11.6. The minimum atomic E-state index is -4.39. The van der Waals surface area contributed by atoms with Gasteiger partial charge >= 0.3 is 11.8 Å². The maximum absolute atomic E-state index is 12.7. The number of aromatic nitrogens is 1. The Kier molecular flexibility index (Phi) is 5.21. The van der Waals surface area contributed by atoms with Gasteiger partial charge in [-0.1, -0.05) is 12.1 Å². The number of benzene rings is 2. The van der Waals surface area contributed by atoms with Crippen LogP contribution in [0, 0.1) is 0 Å². The fourth-order valence-electron chi connectivity index (χ4n) is 2.89. The van der Waals surface area contributed by atoms with E-state index in [0.717, 1.165) is 12.1 Å². The molecule has 0 spiro atoms. The van der Waals surface area contributed by atoms with Gasteiger partial charge in [0.25, 0.3) is 0 Å². The first-order valence-corrected chi connectivity index (χ1v) is 9.83. The second-order valence-corrected chi connectivity index (χ2v) is 7.15. The number of ether oxygens (including phenoxy) is 1. The summed E-state index contributed by atoms with van der Waals surface area (Å²) in [5.41, 5.74) is 0.232. The largest absolute Gasteiger partial charge is 0.490 e. The van der Waals surface area contributed by atoms with E-state index in [-0.39, 0.29) is 5.56 Å². The highest BCUT2D eigenvalue weighted by Crippen LogP contribution is 2.32. The van der Waals surface area contributed by atoms with Crippen molar-refractivity contribution in [2.75, 3.05) is 11.9 Å². The van der Waals surface area contributed by atoms with Gasteiger partial charge in [0.05, 0.1) is 23.4 Å². The van der Waals surface area contributed by atoms with Gasteiger partial charge in [0.2, 0.25) is 0 Å². The van der Waals surface area contributed by atoms with Gasteiger partial charge in [-0.2, -0.15) is 13.2 Å². The quantitative estimate of drug-likeness (QED) is 0.387. The van der Waals surface area contributed by atoms with Crippen LogP contribution in [0.3, 0.4) is 0 Å². The number of anilines is 2. The summed E-state index contributed by atoms with van der Waals surface area (Å²) in [4.78, 5) is 16.9. The maximum atomic E-state index is 12.7. The van der Waals surface area contributed by atoms with Crippen LogP contribution in [0.2, 0.25) is 0 Å². The van der Waals surface area contributed by atoms with E-state index < -0.39 is 17.4 Å². The smallest absolute Gasteiger partial charge is 0.416 e. The van der Waals surface area contributed by atoms with Crippen LogP contribution in [-0.4, -0.2) is 11.6 Å². The lowest BCUT2D eigenvalue weighted by Crippen LogP contribution is -2.04. The van der Waals surface area contributed by atoms with Gasteiger partial charge in [-0.15, -0.1) is 11.3 Å². The second-order valence-electron chi connectivity index (χ2n) is 6.29. The third-order valence-electron chi connectivity index (χ3n) is 4.27. The minimum absolute atomic E-state index is 0.285. The molecule has 0 bridgehead atoms. The number of para-hydroxylation sites is 1. The maximum Gasteiger partial charge on any atom is 0.416 e. The van der Waals surface area contributed by atoms with E-state index in [1.54, 1.807) is 29.6 Å². The monoisotopic (exact) mass is 432 g/mol. The van der Waals surface area contributed by atoms with Crippen molar-refractivity contribution in [2.45, 2.75) is 13.1 Å². The number of hydrogen-bond acceptors (Lipinski definition) is 6. The van der Waals surface area contributed by atoms with Gasteiger partial charge in [0.15, 0.2) is 16.5 Å². The summed E-state index contributed by atoms with van der Waals surface area (Å²) in [5.74, 6) is 0.488. The Hall–Kier alpha value is -3.33. The first-order valence-electron chi connectivity index (χ1n) is 8.95. The van der Waals surface area contributed by atoms with Gasteiger partial charge in [-0.05, 0) is 43.3 Å². The molecule has 154 valence electrons. The van der Waals surface area contributed by atoms with E-state index in [0.29, 0.717) is 39.8 Å². The molecule has 0 aliphatic heterocycles. The van der Waals surface area contributed by atoms with Crippen molar-refractivity contribution in [3.8, 4) is 17.0 Å². The Labute approximate surface area is 172 Å². The van der Waals surface area contributed by atoms with Crippen LogP contribution in [0.1, 0.15) is 12.5 Å². The molecule has 4 rings (SSSR count). The number of nitrogens with one attached hydrogen (secondary N) is 1. The van der Waals surface area contributed by atoms with Crippen LogP contribution in [-0.2, 0) is 6.18 Å². The molecule has 5 nitrogen and oxygen atoms in total. The fourth-order valence-corrected chi connectivity index (χ4v) is 3.62. The van der Waals surface area contributed by atoms with E-state index in [1.807, 2.05) is 6.92 Å². The molecule has 0 amide bonds. The standard InChI is InChI=1S/C21H15F3N2O3S/c1-2-28-17-5-3-4-12-10-15(19(27)29-18(12)17)16-11-30-20(26-16)25-14-8-6-13(7-9-14)21(22,23)24/h3-11H,2H2,1H3,(H,25,26). The molecule has 1 N–H and O–H groups in total. The number of halogens is 3. The molecule has 9 heteroatoms. The number of alkyl halides is 3. The molecule has 2 heterocycles. The van der Waals surface area contributed by atoms with Gasteiger partial charge in [-0.25, -0.2) is 9.78 Å². The van der Waals surface area contributed by atoms with Crippen LogP contribution in [0.25, 0.3) is 22.2 Å². The average Bonchev–Trinajstić information content (AvgIpc) is 3.16. The van der Waals surface area contributed by atoms with Crippen LogP contribution >= 0.6 is 11.3 Å². The minimum Gasteiger partial charge on any atom is -0.490 e. The lowest BCUT2D eigenvalue weighted by molar-refractivity contribution is -0.137. The molecule has 0 saturated heterocycles. The van der Waals surface area contributed by atoms with E-state index in [4.69, 9.17) is 9.15 Å². The van der Waals surface area contributed by atoms with Gasteiger partial charge < -0.3 is 14.5 Å². The van der Waals surface area contributed by atoms with Crippen LogP contribution in [0.4, 0.5) is 24.0 Å².